The Hall–Kier alpha value is -1.93. The first kappa shape index (κ1) is 15.1. The lowest BCUT2D eigenvalue weighted by molar-refractivity contribution is -0.144. The molecule has 1 aromatic carbocycles. The summed E-state index contributed by atoms with van der Waals surface area (Å²) in [5, 5.41) is 4.93. The second-order valence-electron chi connectivity index (χ2n) is 3.62. The van der Waals surface area contributed by atoms with Crippen molar-refractivity contribution < 1.29 is 27.5 Å². The highest BCUT2D eigenvalue weighted by atomic mass is 32.2. The van der Waals surface area contributed by atoms with E-state index >= 15 is 0 Å². The first-order valence-corrected chi connectivity index (χ1v) is 6.87. The van der Waals surface area contributed by atoms with E-state index < -0.39 is 34.3 Å². The van der Waals surface area contributed by atoms with E-state index in [0.717, 1.165) is 7.11 Å². The third-order valence-electron chi connectivity index (χ3n) is 2.14. The molecule has 104 valence electrons. The summed E-state index contributed by atoms with van der Waals surface area (Å²) in [6.45, 7) is -0.543. The lowest BCUT2D eigenvalue weighted by Gasteiger charge is -2.08. The number of hydrogen-bond donors (Lipinski definition) is 1. The van der Waals surface area contributed by atoms with Gasteiger partial charge in [-0.15, -0.1) is 0 Å². The maximum absolute atomic E-state index is 11.7. The Bertz CT molecular complexity index is 581. The quantitative estimate of drug-likeness (QED) is 0.751. The number of carbonyl (C=O) groups is 2. The molecule has 19 heavy (non-hydrogen) atoms. The molecule has 0 aliphatic carbocycles. The van der Waals surface area contributed by atoms with Crippen molar-refractivity contribution in [2.45, 2.75) is 5.75 Å². The molecule has 0 atom stereocenters. The molecule has 1 rings (SSSR count). The molecule has 2 N–H and O–H groups in total. The summed E-state index contributed by atoms with van der Waals surface area (Å²) in [5.74, 6) is -2.02. The number of esters is 2. The van der Waals surface area contributed by atoms with Crippen LogP contribution in [0.5, 0.6) is 0 Å². The Kier molecular flexibility index (Phi) is 5.02. The van der Waals surface area contributed by atoms with Crippen molar-refractivity contribution in [3.8, 4) is 0 Å². The molecule has 7 nitrogen and oxygen atoms in total. The lowest BCUT2D eigenvalue weighted by atomic mass is 10.1. The molecule has 0 saturated heterocycles. The Morgan fingerprint density at radius 2 is 1.89 bits per heavy atom. The second kappa shape index (κ2) is 6.30. The van der Waals surface area contributed by atoms with Crippen molar-refractivity contribution >= 4 is 22.0 Å². The molecule has 0 amide bonds. The lowest BCUT2D eigenvalue weighted by Crippen LogP contribution is -2.19. The minimum atomic E-state index is -3.77. The summed E-state index contributed by atoms with van der Waals surface area (Å²) in [7, 11) is -2.61. The summed E-state index contributed by atoms with van der Waals surface area (Å²) in [4.78, 5) is 22.6. The van der Waals surface area contributed by atoms with Gasteiger partial charge in [-0.05, 0) is 11.6 Å². The van der Waals surface area contributed by atoms with E-state index in [-0.39, 0.29) is 11.1 Å². The van der Waals surface area contributed by atoms with Gasteiger partial charge in [0.2, 0.25) is 10.0 Å². The molecule has 0 unspecified atom stereocenters. The van der Waals surface area contributed by atoms with Crippen LogP contribution in [0.4, 0.5) is 0 Å². The van der Waals surface area contributed by atoms with Crippen LogP contribution >= 0.6 is 0 Å². The number of sulfonamides is 1. The average molecular weight is 287 g/mol. The van der Waals surface area contributed by atoms with Gasteiger partial charge in [-0.1, -0.05) is 18.2 Å². The van der Waals surface area contributed by atoms with Crippen molar-refractivity contribution in [1.82, 2.24) is 0 Å². The number of ether oxygens (including phenoxy) is 2. The highest BCUT2D eigenvalue weighted by Crippen LogP contribution is 2.12. The fourth-order valence-electron chi connectivity index (χ4n) is 1.32. The molecule has 8 heteroatoms. The van der Waals surface area contributed by atoms with Crippen LogP contribution in [-0.2, 0) is 30.0 Å². The zero-order chi connectivity index (χ0) is 14.5. The molecule has 0 heterocycles. The molecular weight excluding hydrogens is 274 g/mol. The van der Waals surface area contributed by atoms with Crippen LogP contribution in [-0.4, -0.2) is 34.1 Å². The zero-order valence-electron chi connectivity index (χ0n) is 10.2. The molecule has 0 bridgehead atoms. The van der Waals surface area contributed by atoms with Gasteiger partial charge in [0.15, 0.2) is 6.61 Å². The van der Waals surface area contributed by atoms with Crippen molar-refractivity contribution in [2.75, 3.05) is 13.7 Å². The van der Waals surface area contributed by atoms with E-state index in [0.29, 0.717) is 0 Å². The van der Waals surface area contributed by atoms with E-state index in [1.54, 1.807) is 12.1 Å². The van der Waals surface area contributed by atoms with Crippen LogP contribution in [0.3, 0.4) is 0 Å². The van der Waals surface area contributed by atoms with Gasteiger partial charge in [-0.2, -0.15) is 0 Å². The van der Waals surface area contributed by atoms with Gasteiger partial charge in [0.1, 0.15) is 0 Å². The number of hydrogen-bond acceptors (Lipinski definition) is 6. The normalized spacial score (nSPS) is 10.8. The standard InChI is InChI=1S/C11H13NO6S/c1-17-10(13)6-18-11(14)9-5-3-2-4-8(9)7-19(12,15)16/h2-5H,6-7H2,1H3,(H2,12,15,16). The average Bonchev–Trinajstić information content (AvgIpc) is 2.34. The molecule has 0 aliphatic heterocycles. The van der Waals surface area contributed by atoms with Crippen LogP contribution in [0, 0.1) is 0 Å². The SMILES string of the molecule is COC(=O)COC(=O)c1ccccc1CS(N)(=O)=O. The first-order chi connectivity index (χ1) is 8.83. The zero-order valence-corrected chi connectivity index (χ0v) is 11.0. The smallest absolute Gasteiger partial charge is 0.344 e. The number of benzene rings is 1. The Morgan fingerprint density at radius 3 is 2.47 bits per heavy atom. The summed E-state index contributed by atoms with van der Waals surface area (Å²) < 4.78 is 31.1. The van der Waals surface area contributed by atoms with E-state index in [1.807, 2.05) is 0 Å². The monoisotopic (exact) mass is 287 g/mol. The molecule has 0 aromatic heterocycles. The first-order valence-electron chi connectivity index (χ1n) is 5.16. The van der Waals surface area contributed by atoms with E-state index in [2.05, 4.69) is 9.47 Å². The van der Waals surface area contributed by atoms with Crippen LogP contribution in [0.15, 0.2) is 24.3 Å². The van der Waals surface area contributed by atoms with Gasteiger partial charge in [0.25, 0.3) is 0 Å². The molecule has 0 spiro atoms. The van der Waals surface area contributed by atoms with Crippen LogP contribution in [0.25, 0.3) is 0 Å². The number of carbonyl (C=O) groups excluding carboxylic acids is 2. The Balaban J connectivity index is 2.88. The Labute approximate surface area is 110 Å². The van der Waals surface area contributed by atoms with Crippen LogP contribution in [0.2, 0.25) is 0 Å². The second-order valence-corrected chi connectivity index (χ2v) is 5.23. The molecule has 0 fully saturated rings. The molecule has 0 aliphatic rings. The highest BCUT2D eigenvalue weighted by Gasteiger charge is 2.17. The number of rotatable bonds is 5. The predicted octanol–water partition coefficient (Wildman–Crippen LogP) is -0.195. The van der Waals surface area contributed by atoms with Crippen LogP contribution in [0.1, 0.15) is 15.9 Å². The van der Waals surface area contributed by atoms with Crippen molar-refractivity contribution in [3.63, 3.8) is 0 Å². The van der Waals surface area contributed by atoms with Crippen molar-refractivity contribution in [3.05, 3.63) is 35.4 Å². The van der Waals surface area contributed by atoms with Gasteiger partial charge in [-0.3, -0.25) is 0 Å². The summed E-state index contributed by atoms with van der Waals surface area (Å²) in [6.07, 6.45) is 0. The number of primary sulfonamides is 1. The molecule has 0 radical (unpaired) electrons. The van der Waals surface area contributed by atoms with Crippen LogP contribution < -0.4 is 5.14 Å². The fourth-order valence-corrected chi connectivity index (χ4v) is 2.01. The van der Waals surface area contributed by atoms with Gasteiger partial charge < -0.3 is 9.47 Å². The molecule has 1 aromatic rings. The third kappa shape index (κ3) is 5.06. The maximum atomic E-state index is 11.7. The largest absolute Gasteiger partial charge is 0.466 e. The highest BCUT2D eigenvalue weighted by molar-refractivity contribution is 7.88. The number of nitrogens with two attached hydrogens (primary N) is 1. The van der Waals surface area contributed by atoms with Crippen molar-refractivity contribution in [2.24, 2.45) is 5.14 Å². The third-order valence-corrected chi connectivity index (χ3v) is 2.86. The van der Waals surface area contributed by atoms with E-state index in [4.69, 9.17) is 5.14 Å². The minimum absolute atomic E-state index is 0.0421. The van der Waals surface area contributed by atoms with Gasteiger partial charge in [0, 0.05) is 0 Å². The van der Waals surface area contributed by atoms with Gasteiger partial charge in [-0.25, -0.2) is 23.1 Å². The maximum Gasteiger partial charge on any atom is 0.344 e. The van der Waals surface area contributed by atoms with Crippen molar-refractivity contribution in [1.29, 1.82) is 0 Å². The van der Waals surface area contributed by atoms with E-state index in [1.165, 1.54) is 12.1 Å². The molecular formula is C11H13NO6S. The predicted molar refractivity (Wildman–Crippen MR) is 65.6 cm³/mol. The fraction of sp³-hybridized carbons (Fsp3) is 0.273. The topological polar surface area (TPSA) is 113 Å². The van der Waals surface area contributed by atoms with Gasteiger partial charge >= 0.3 is 11.9 Å². The Morgan fingerprint density at radius 1 is 1.26 bits per heavy atom. The van der Waals surface area contributed by atoms with E-state index in [9.17, 15) is 18.0 Å². The summed E-state index contributed by atoms with van der Waals surface area (Å²) in [6, 6.07) is 5.94. The molecule has 0 saturated carbocycles. The van der Waals surface area contributed by atoms with Gasteiger partial charge in [0.05, 0.1) is 18.4 Å². The summed E-state index contributed by atoms with van der Waals surface area (Å²) >= 11 is 0. The number of methoxy groups -OCH3 is 1. The minimum Gasteiger partial charge on any atom is -0.466 e. The summed E-state index contributed by atoms with van der Waals surface area (Å²) in [5.41, 5.74) is 0.250.